The fraction of sp³-hybridized carbons (Fsp3) is 0.100. The van der Waals surface area contributed by atoms with Crippen molar-refractivity contribution in [1.82, 2.24) is 19.7 Å². The van der Waals surface area contributed by atoms with Crippen LogP contribution in [-0.4, -0.2) is 19.7 Å². The van der Waals surface area contributed by atoms with Gasteiger partial charge in [0.15, 0.2) is 11.4 Å². The van der Waals surface area contributed by atoms with Crippen molar-refractivity contribution in [2.75, 3.05) is 0 Å². The zero-order chi connectivity index (χ0) is 11.1. The first-order chi connectivity index (χ1) is 7.72. The highest BCUT2D eigenvalue weighted by atomic mass is 127. The Labute approximate surface area is 105 Å². The summed E-state index contributed by atoms with van der Waals surface area (Å²) < 4.78 is 7.70. The highest BCUT2D eigenvalue weighted by Crippen LogP contribution is 2.22. The van der Waals surface area contributed by atoms with E-state index < -0.39 is 0 Å². The lowest BCUT2D eigenvalue weighted by atomic mass is 10.2. The number of hydrogen-bond donors (Lipinski definition) is 0. The van der Waals surface area contributed by atoms with E-state index in [0.29, 0.717) is 9.72 Å². The van der Waals surface area contributed by atoms with Crippen molar-refractivity contribution in [3.63, 3.8) is 0 Å². The Morgan fingerprint density at radius 1 is 1.38 bits per heavy atom. The molecule has 0 aliphatic carbocycles. The number of aromatic nitrogens is 4. The highest BCUT2D eigenvalue weighted by Gasteiger charge is 2.07. The zero-order valence-corrected chi connectivity index (χ0v) is 10.5. The predicted octanol–water partition coefficient (Wildman–Crippen LogP) is 2.23. The van der Waals surface area contributed by atoms with Gasteiger partial charge >= 0.3 is 0 Å². The van der Waals surface area contributed by atoms with Gasteiger partial charge in [-0.05, 0) is 18.2 Å². The Kier molecular flexibility index (Phi) is 2.16. The van der Waals surface area contributed by atoms with E-state index >= 15 is 0 Å². The summed E-state index contributed by atoms with van der Waals surface area (Å²) >= 11 is 2.05. The molecule has 0 atom stereocenters. The van der Waals surface area contributed by atoms with E-state index in [4.69, 9.17) is 4.42 Å². The van der Waals surface area contributed by atoms with Gasteiger partial charge in [-0.25, -0.2) is 9.97 Å². The second kappa shape index (κ2) is 3.55. The molecule has 0 saturated carbocycles. The molecule has 0 fully saturated rings. The molecule has 0 aliphatic heterocycles. The monoisotopic (exact) mass is 326 g/mol. The smallest absolute Gasteiger partial charge is 0.258 e. The Morgan fingerprint density at radius 3 is 3.00 bits per heavy atom. The molecular formula is C10H7IN4O. The molecule has 2 heterocycles. The van der Waals surface area contributed by atoms with E-state index in [-0.39, 0.29) is 0 Å². The van der Waals surface area contributed by atoms with Gasteiger partial charge in [0.2, 0.25) is 0 Å². The van der Waals surface area contributed by atoms with E-state index in [1.54, 1.807) is 11.0 Å². The van der Waals surface area contributed by atoms with Gasteiger partial charge < -0.3 is 4.42 Å². The first kappa shape index (κ1) is 9.76. The quantitative estimate of drug-likeness (QED) is 0.644. The Morgan fingerprint density at radius 2 is 2.25 bits per heavy atom. The van der Waals surface area contributed by atoms with Gasteiger partial charge in [0, 0.05) is 35.2 Å². The van der Waals surface area contributed by atoms with E-state index in [9.17, 15) is 0 Å². The summed E-state index contributed by atoms with van der Waals surface area (Å²) in [5.41, 5.74) is 2.55. The topological polar surface area (TPSA) is 56.7 Å². The molecule has 6 heteroatoms. The van der Waals surface area contributed by atoms with Gasteiger partial charge in [-0.3, -0.25) is 4.68 Å². The van der Waals surface area contributed by atoms with Gasteiger partial charge in [-0.15, -0.1) is 0 Å². The van der Waals surface area contributed by atoms with Gasteiger partial charge in [0.05, 0.1) is 0 Å². The van der Waals surface area contributed by atoms with Crippen molar-refractivity contribution in [3.05, 3.63) is 28.4 Å². The van der Waals surface area contributed by atoms with Gasteiger partial charge in [0.1, 0.15) is 11.8 Å². The molecule has 5 nitrogen and oxygen atoms in total. The van der Waals surface area contributed by atoms with Crippen LogP contribution in [-0.2, 0) is 7.05 Å². The largest absolute Gasteiger partial charge is 0.432 e. The van der Waals surface area contributed by atoms with Crippen molar-refractivity contribution >= 4 is 33.7 Å². The lowest BCUT2D eigenvalue weighted by Gasteiger charge is -1.93. The lowest BCUT2D eigenvalue weighted by molar-refractivity contribution is 0.566. The SMILES string of the molecule is Cn1cnc(-c2ccc3oc(I)nc3c2)n1. The van der Waals surface area contributed by atoms with Crippen molar-refractivity contribution in [2.24, 2.45) is 7.05 Å². The number of benzene rings is 1. The van der Waals surface area contributed by atoms with E-state index in [0.717, 1.165) is 16.7 Å². The van der Waals surface area contributed by atoms with E-state index in [2.05, 4.69) is 37.7 Å². The number of halogens is 1. The maximum absolute atomic E-state index is 5.39. The highest BCUT2D eigenvalue weighted by molar-refractivity contribution is 14.1. The molecule has 0 bridgehead atoms. The fourth-order valence-electron chi connectivity index (χ4n) is 1.51. The number of aryl methyl sites for hydroxylation is 1. The van der Waals surface area contributed by atoms with Crippen LogP contribution >= 0.6 is 22.6 Å². The summed E-state index contributed by atoms with van der Waals surface area (Å²) in [7, 11) is 1.84. The van der Waals surface area contributed by atoms with Crippen LogP contribution in [0.2, 0.25) is 0 Å². The maximum Gasteiger partial charge on any atom is 0.258 e. The molecule has 0 aliphatic rings. The summed E-state index contributed by atoms with van der Waals surface area (Å²) in [6.07, 6.45) is 1.67. The second-order valence-electron chi connectivity index (χ2n) is 3.39. The third-order valence-corrected chi connectivity index (χ3v) is 2.68. The van der Waals surface area contributed by atoms with Crippen LogP contribution in [0.4, 0.5) is 0 Å². The molecule has 0 radical (unpaired) electrons. The second-order valence-corrected chi connectivity index (χ2v) is 4.31. The molecule has 2 aromatic heterocycles. The summed E-state index contributed by atoms with van der Waals surface area (Å²) in [4.78, 5) is 8.45. The number of rotatable bonds is 1. The zero-order valence-electron chi connectivity index (χ0n) is 8.38. The van der Waals surface area contributed by atoms with Crippen LogP contribution in [0, 0.1) is 3.90 Å². The Hall–Kier alpha value is -1.44. The van der Waals surface area contributed by atoms with Crippen molar-refractivity contribution in [3.8, 4) is 11.4 Å². The molecule has 3 rings (SSSR count). The standard InChI is InChI=1S/C10H7IN4O/c1-15-5-12-9(14-15)6-2-3-8-7(4-6)13-10(11)16-8/h2-5H,1H3. The van der Waals surface area contributed by atoms with Crippen molar-refractivity contribution in [1.29, 1.82) is 0 Å². The number of hydrogen-bond acceptors (Lipinski definition) is 4. The first-order valence-electron chi connectivity index (χ1n) is 4.64. The van der Waals surface area contributed by atoms with Gasteiger partial charge in [-0.1, -0.05) is 0 Å². The molecule has 80 valence electrons. The summed E-state index contributed by atoms with van der Waals surface area (Å²) in [5, 5.41) is 4.24. The number of oxazole rings is 1. The average molecular weight is 326 g/mol. The summed E-state index contributed by atoms with van der Waals surface area (Å²) in [6.45, 7) is 0. The molecule has 1 aromatic carbocycles. The van der Waals surface area contributed by atoms with Crippen LogP contribution in [0.5, 0.6) is 0 Å². The molecule has 0 saturated heterocycles. The van der Waals surface area contributed by atoms with Crippen molar-refractivity contribution < 1.29 is 4.42 Å². The van der Waals surface area contributed by atoms with Gasteiger partial charge in [-0.2, -0.15) is 5.10 Å². The minimum atomic E-state index is 0.638. The number of nitrogens with zero attached hydrogens (tertiary/aromatic N) is 4. The van der Waals surface area contributed by atoms with Crippen LogP contribution in [0.15, 0.2) is 28.9 Å². The minimum absolute atomic E-state index is 0.638. The van der Waals surface area contributed by atoms with E-state index in [1.165, 1.54) is 0 Å². The lowest BCUT2D eigenvalue weighted by Crippen LogP contribution is -1.87. The average Bonchev–Trinajstić information content (AvgIpc) is 2.81. The molecule has 0 N–H and O–H groups in total. The third-order valence-electron chi connectivity index (χ3n) is 2.22. The van der Waals surface area contributed by atoms with Crippen LogP contribution < -0.4 is 0 Å². The molecule has 3 aromatic rings. The molecular weight excluding hydrogens is 319 g/mol. The number of fused-ring (bicyclic) bond motifs is 1. The normalized spacial score (nSPS) is 11.1. The van der Waals surface area contributed by atoms with Crippen molar-refractivity contribution in [2.45, 2.75) is 0 Å². The molecule has 0 unspecified atom stereocenters. The Bertz CT molecular complexity index is 658. The third kappa shape index (κ3) is 1.58. The Balaban J connectivity index is 2.17. The van der Waals surface area contributed by atoms with Crippen LogP contribution in [0.3, 0.4) is 0 Å². The molecule has 0 spiro atoms. The molecule has 0 amide bonds. The van der Waals surface area contributed by atoms with E-state index in [1.807, 2.05) is 25.2 Å². The summed E-state index contributed by atoms with van der Waals surface area (Å²) in [6, 6.07) is 5.74. The van der Waals surface area contributed by atoms with Crippen LogP contribution in [0.25, 0.3) is 22.5 Å². The predicted molar refractivity (Wildman–Crippen MR) is 66.7 cm³/mol. The van der Waals surface area contributed by atoms with Gasteiger partial charge in [0.25, 0.3) is 3.90 Å². The first-order valence-corrected chi connectivity index (χ1v) is 5.72. The molecule has 16 heavy (non-hydrogen) atoms. The maximum atomic E-state index is 5.39. The van der Waals surface area contributed by atoms with Crippen LogP contribution in [0.1, 0.15) is 0 Å². The summed E-state index contributed by atoms with van der Waals surface area (Å²) in [5.74, 6) is 0.697. The minimum Gasteiger partial charge on any atom is -0.432 e. The fourth-order valence-corrected chi connectivity index (χ4v) is 2.01.